The zero-order chi connectivity index (χ0) is 21.3. The molecule has 2 heterocycles. The average Bonchev–Trinajstić information content (AvgIpc) is 3.14. The monoisotopic (exact) mass is 408 g/mol. The van der Waals surface area contributed by atoms with Gasteiger partial charge in [-0.1, -0.05) is 0 Å². The van der Waals surface area contributed by atoms with Crippen molar-refractivity contribution in [3.8, 4) is 22.9 Å². The summed E-state index contributed by atoms with van der Waals surface area (Å²) >= 11 is 0. The number of halogens is 1. The molecule has 0 saturated heterocycles. The summed E-state index contributed by atoms with van der Waals surface area (Å²) in [5.74, 6) is -0.357. The molecule has 0 fully saturated rings. The molecule has 4 aromatic rings. The zero-order valence-electron chi connectivity index (χ0n) is 16.2. The largest absolute Gasteiger partial charge is 0.508 e. The fraction of sp³-hybridized carbons (Fsp3) is 0.143. The number of fused-ring (bicyclic) bond motifs is 1. The molecule has 0 spiro atoms. The van der Waals surface area contributed by atoms with Crippen molar-refractivity contribution >= 4 is 16.9 Å². The normalized spacial score (nSPS) is 10.9. The van der Waals surface area contributed by atoms with Crippen molar-refractivity contribution < 1.29 is 23.8 Å². The predicted molar refractivity (Wildman–Crippen MR) is 106 cm³/mol. The number of carbonyl (C=O) groups is 1. The van der Waals surface area contributed by atoms with Gasteiger partial charge >= 0.3 is 5.97 Å². The summed E-state index contributed by atoms with van der Waals surface area (Å²) in [6, 6.07) is 7.10. The molecule has 0 amide bonds. The average molecular weight is 408 g/mol. The molecular formula is C21H17FN4O4. The van der Waals surface area contributed by atoms with E-state index in [1.54, 1.807) is 29.3 Å². The van der Waals surface area contributed by atoms with Crippen molar-refractivity contribution in [1.82, 2.24) is 19.7 Å². The van der Waals surface area contributed by atoms with Crippen LogP contribution in [0.25, 0.3) is 22.3 Å². The maximum atomic E-state index is 13.7. The summed E-state index contributed by atoms with van der Waals surface area (Å²) in [7, 11) is 2.73. The second kappa shape index (κ2) is 7.78. The first-order valence-corrected chi connectivity index (χ1v) is 8.91. The third-order valence-corrected chi connectivity index (χ3v) is 4.53. The molecule has 9 heteroatoms. The van der Waals surface area contributed by atoms with E-state index in [0.717, 1.165) is 5.56 Å². The highest BCUT2D eigenvalue weighted by Crippen LogP contribution is 2.26. The maximum Gasteiger partial charge on any atom is 0.340 e. The van der Waals surface area contributed by atoms with Crippen LogP contribution in [-0.2, 0) is 11.3 Å². The van der Waals surface area contributed by atoms with E-state index in [2.05, 4.69) is 15.1 Å². The second-order valence-electron chi connectivity index (χ2n) is 6.52. The van der Waals surface area contributed by atoms with Gasteiger partial charge in [0.1, 0.15) is 17.3 Å². The first kappa shape index (κ1) is 19.3. The van der Waals surface area contributed by atoms with Crippen molar-refractivity contribution in [2.75, 3.05) is 14.2 Å². The van der Waals surface area contributed by atoms with Crippen molar-refractivity contribution in [2.24, 2.45) is 0 Å². The number of rotatable bonds is 5. The topological polar surface area (TPSA) is 99.4 Å². The number of phenols is 1. The van der Waals surface area contributed by atoms with Gasteiger partial charge in [0.2, 0.25) is 0 Å². The molecule has 2 aromatic heterocycles. The molecule has 1 N–H and O–H groups in total. The summed E-state index contributed by atoms with van der Waals surface area (Å²) in [4.78, 5) is 20.7. The lowest BCUT2D eigenvalue weighted by atomic mass is 10.1. The molecule has 0 aliphatic rings. The fourth-order valence-corrected chi connectivity index (χ4v) is 3.17. The standard InChI is InChI=1S/C21H17FN4O4/c1-29-17-5-13(3-15(22)6-17)20-23-8-12(9-24-20)11-26-19-14(10-25-26)4-16(27)7-18(19)21(28)30-2/h3-10,27H,11H2,1-2H3. The highest BCUT2D eigenvalue weighted by atomic mass is 19.1. The number of aromatic hydroxyl groups is 1. The summed E-state index contributed by atoms with van der Waals surface area (Å²) in [5, 5.41) is 14.7. The van der Waals surface area contributed by atoms with Crippen LogP contribution >= 0.6 is 0 Å². The number of aromatic nitrogens is 4. The molecule has 0 aliphatic carbocycles. The Morgan fingerprint density at radius 2 is 1.87 bits per heavy atom. The lowest BCUT2D eigenvalue weighted by molar-refractivity contribution is 0.0602. The molecule has 0 unspecified atom stereocenters. The Balaban J connectivity index is 1.67. The lowest BCUT2D eigenvalue weighted by Gasteiger charge is -2.09. The minimum Gasteiger partial charge on any atom is -0.508 e. The number of phenolic OH excluding ortho intramolecular Hbond substituents is 1. The van der Waals surface area contributed by atoms with E-state index < -0.39 is 11.8 Å². The van der Waals surface area contributed by atoms with Gasteiger partial charge in [-0.3, -0.25) is 4.68 Å². The van der Waals surface area contributed by atoms with Crippen molar-refractivity contribution in [2.45, 2.75) is 6.54 Å². The number of benzene rings is 2. The first-order valence-electron chi connectivity index (χ1n) is 8.91. The van der Waals surface area contributed by atoms with Gasteiger partial charge in [-0.15, -0.1) is 0 Å². The molecule has 2 aromatic carbocycles. The summed E-state index contributed by atoms with van der Waals surface area (Å²) in [6.07, 6.45) is 4.76. The van der Waals surface area contributed by atoms with Gasteiger partial charge in [0.05, 0.1) is 38.0 Å². The van der Waals surface area contributed by atoms with E-state index in [9.17, 15) is 14.3 Å². The van der Waals surface area contributed by atoms with E-state index in [1.165, 1.54) is 38.5 Å². The van der Waals surface area contributed by atoms with Gasteiger partial charge in [0.15, 0.2) is 5.82 Å². The molecule has 0 saturated carbocycles. The van der Waals surface area contributed by atoms with Gasteiger partial charge < -0.3 is 14.6 Å². The van der Waals surface area contributed by atoms with Gasteiger partial charge in [-0.2, -0.15) is 5.10 Å². The Labute approximate surface area is 170 Å². The van der Waals surface area contributed by atoms with Crippen molar-refractivity contribution in [3.05, 3.63) is 65.9 Å². The van der Waals surface area contributed by atoms with Gasteiger partial charge in [0, 0.05) is 35.0 Å². The van der Waals surface area contributed by atoms with Crippen LogP contribution in [0.1, 0.15) is 15.9 Å². The lowest BCUT2D eigenvalue weighted by Crippen LogP contribution is -2.08. The minimum absolute atomic E-state index is 0.0549. The van der Waals surface area contributed by atoms with Gasteiger partial charge in [-0.25, -0.2) is 19.2 Å². The Hall–Kier alpha value is -4.01. The van der Waals surface area contributed by atoms with Crippen LogP contribution in [-0.4, -0.2) is 45.0 Å². The molecular weight excluding hydrogens is 391 g/mol. The number of ether oxygens (including phenoxy) is 2. The molecule has 8 nitrogen and oxygen atoms in total. The summed E-state index contributed by atoms with van der Waals surface area (Å²) in [5.41, 5.74) is 1.94. The van der Waals surface area contributed by atoms with Crippen LogP contribution in [0, 0.1) is 5.82 Å². The number of carbonyl (C=O) groups excluding carboxylic acids is 1. The van der Waals surface area contributed by atoms with Crippen LogP contribution < -0.4 is 4.74 Å². The summed E-state index contributed by atoms with van der Waals surface area (Å²) in [6.45, 7) is 0.283. The molecule has 4 rings (SSSR count). The third kappa shape index (κ3) is 3.64. The van der Waals surface area contributed by atoms with Crippen LogP contribution in [0.5, 0.6) is 11.5 Å². The highest BCUT2D eigenvalue weighted by Gasteiger charge is 2.17. The highest BCUT2D eigenvalue weighted by molar-refractivity contribution is 6.03. The number of hydrogen-bond donors (Lipinski definition) is 1. The number of hydrogen-bond acceptors (Lipinski definition) is 7. The van der Waals surface area contributed by atoms with Crippen molar-refractivity contribution in [3.63, 3.8) is 0 Å². The van der Waals surface area contributed by atoms with Gasteiger partial charge in [-0.05, 0) is 24.3 Å². The predicted octanol–water partition coefficient (Wildman–Crippen LogP) is 3.18. The van der Waals surface area contributed by atoms with E-state index in [0.29, 0.717) is 28.0 Å². The summed E-state index contributed by atoms with van der Waals surface area (Å²) < 4.78 is 25.2. The molecule has 30 heavy (non-hydrogen) atoms. The fourth-order valence-electron chi connectivity index (χ4n) is 3.17. The SMILES string of the molecule is COC(=O)c1cc(O)cc2cnn(Cc3cnc(-c4cc(F)cc(OC)c4)nc3)c12. The first-order chi connectivity index (χ1) is 14.5. The Bertz CT molecular complexity index is 1240. The Kier molecular flexibility index (Phi) is 5.01. The second-order valence-corrected chi connectivity index (χ2v) is 6.52. The van der Waals surface area contributed by atoms with Crippen LogP contribution in [0.2, 0.25) is 0 Å². The van der Waals surface area contributed by atoms with E-state index in [-0.39, 0.29) is 17.9 Å². The van der Waals surface area contributed by atoms with E-state index in [4.69, 9.17) is 9.47 Å². The van der Waals surface area contributed by atoms with Crippen LogP contribution in [0.15, 0.2) is 48.9 Å². The number of nitrogens with zero attached hydrogens (tertiary/aromatic N) is 4. The smallest absolute Gasteiger partial charge is 0.340 e. The quantitative estimate of drug-likeness (QED) is 0.506. The van der Waals surface area contributed by atoms with Gasteiger partial charge in [0.25, 0.3) is 0 Å². The third-order valence-electron chi connectivity index (χ3n) is 4.53. The minimum atomic E-state index is -0.579. The van der Waals surface area contributed by atoms with E-state index in [1.807, 2.05) is 0 Å². The van der Waals surface area contributed by atoms with E-state index >= 15 is 0 Å². The molecule has 0 atom stereocenters. The Morgan fingerprint density at radius 1 is 1.10 bits per heavy atom. The number of methoxy groups -OCH3 is 2. The molecule has 0 radical (unpaired) electrons. The molecule has 0 bridgehead atoms. The van der Waals surface area contributed by atoms with Crippen molar-refractivity contribution in [1.29, 1.82) is 0 Å². The molecule has 0 aliphatic heterocycles. The molecule has 152 valence electrons. The zero-order valence-corrected chi connectivity index (χ0v) is 16.2. The van der Waals surface area contributed by atoms with Crippen LogP contribution in [0.4, 0.5) is 4.39 Å². The van der Waals surface area contributed by atoms with Crippen LogP contribution in [0.3, 0.4) is 0 Å². The maximum absolute atomic E-state index is 13.7. The number of esters is 1. The Morgan fingerprint density at radius 3 is 2.57 bits per heavy atom.